The minimum absolute atomic E-state index is 0.655. The van der Waals surface area contributed by atoms with Gasteiger partial charge in [-0.15, -0.1) is 4.72 Å². The maximum absolute atomic E-state index is 3.68. The molecule has 0 spiro atoms. The van der Waals surface area contributed by atoms with Crippen LogP contribution in [0.2, 0.25) is 0 Å². The first-order valence-corrected chi connectivity index (χ1v) is 5.45. The first-order chi connectivity index (χ1) is 4.45. The SMILES string of the molecule is C1CC2CCC[S+](C1)N2. The number of fused-ring (bicyclic) bond motifs is 2. The van der Waals surface area contributed by atoms with E-state index in [1.807, 2.05) is 0 Å². The highest BCUT2D eigenvalue weighted by Crippen LogP contribution is 2.20. The van der Waals surface area contributed by atoms with Gasteiger partial charge in [0.15, 0.2) is 0 Å². The molecule has 0 radical (unpaired) electrons. The molecule has 9 heavy (non-hydrogen) atoms. The smallest absolute Gasteiger partial charge is 0.127 e. The van der Waals surface area contributed by atoms with Crippen LogP contribution in [0, 0.1) is 0 Å². The number of nitrogens with one attached hydrogen (secondary N) is 1. The van der Waals surface area contributed by atoms with Crippen molar-refractivity contribution in [1.82, 2.24) is 4.72 Å². The second kappa shape index (κ2) is 2.51. The van der Waals surface area contributed by atoms with E-state index in [1.54, 1.807) is 0 Å². The van der Waals surface area contributed by atoms with Crippen molar-refractivity contribution in [2.24, 2.45) is 0 Å². The molecule has 0 saturated carbocycles. The Balaban J connectivity index is 1.96. The minimum atomic E-state index is 0.655. The van der Waals surface area contributed by atoms with Gasteiger partial charge in [-0.3, -0.25) is 0 Å². The molecule has 2 fully saturated rings. The Bertz CT molecular complexity index is 85.1. The lowest BCUT2D eigenvalue weighted by atomic mass is 10.1. The summed E-state index contributed by atoms with van der Waals surface area (Å²) in [6.07, 6.45) is 5.87. The van der Waals surface area contributed by atoms with Crippen LogP contribution in [0.5, 0.6) is 0 Å². The van der Waals surface area contributed by atoms with Crippen LogP contribution in [-0.4, -0.2) is 17.5 Å². The van der Waals surface area contributed by atoms with Gasteiger partial charge in [-0.25, -0.2) is 0 Å². The highest BCUT2D eigenvalue weighted by atomic mass is 32.2. The Labute approximate surface area is 59.7 Å². The molecule has 1 N–H and O–H groups in total. The van der Waals surface area contributed by atoms with Crippen molar-refractivity contribution < 1.29 is 0 Å². The summed E-state index contributed by atoms with van der Waals surface area (Å²) in [6, 6.07) is 0.913. The average Bonchev–Trinajstić information content (AvgIpc) is 1.88. The molecule has 52 valence electrons. The Morgan fingerprint density at radius 1 is 1.11 bits per heavy atom. The van der Waals surface area contributed by atoms with E-state index >= 15 is 0 Å². The van der Waals surface area contributed by atoms with E-state index in [2.05, 4.69) is 4.72 Å². The van der Waals surface area contributed by atoms with Crippen LogP contribution in [0.15, 0.2) is 0 Å². The zero-order valence-electron chi connectivity index (χ0n) is 5.73. The summed E-state index contributed by atoms with van der Waals surface area (Å²) in [5, 5.41) is 0. The molecule has 0 atom stereocenters. The molecule has 0 aromatic heterocycles. The summed E-state index contributed by atoms with van der Waals surface area (Å²) >= 11 is 0.655. The lowest BCUT2D eigenvalue weighted by molar-refractivity contribution is 0.490. The van der Waals surface area contributed by atoms with Gasteiger partial charge in [-0.1, -0.05) is 0 Å². The van der Waals surface area contributed by atoms with E-state index in [4.69, 9.17) is 0 Å². The van der Waals surface area contributed by atoms with E-state index in [9.17, 15) is 0 Å². The van der Waals surface area contributed by atoms with Crippen molar-refractivity contribution in [3.05, 3.63) is 0 Å². The van der Waals surface area contributed by atoms with Gasteiger partial charge < -0.3 is 0 Å². The van der Waals surface area contributed by atoms with Crippen molar-refractivity contribution in [1.29, 1.82) is 0 Å². The molecule has 2 saturated heterocycles. The quantitative estimate of drug-likeness (QED) is 0.501. The van der Waals surface area contributed by atoms with Gasteiger partial charge in [0.05, 0.1) is 17.1 Å². The van der Waals surface area contributed by atoms with E-state index in [0.717, 1.165) is 6.04 Å². The van der Waals surface area contributed by atoms with Crippen LogP contribution < -0.4 is 4.72 Å². The van der Waals surface area contributed by atoms with E-state index in [1.165, 1.54) is 37.2 Å². The summed E-state index contributed by atoms with van der Waals surface area (Å²) in [4.78, 5) is 0. The molecule has 2 heterocycles. The fourth-order valence-corrected chi connectivity index (χ4v) is 3.90. The first-order valence-electron chi connectivity index (χ1n) is 3.89. The standard InChI is InChI=1S/C7H14NS/c1-3-7-4-2-6-9(5-1)8-7/h7-8H,1-6H2/q+1. The molecule has 2 heteroatoms. The van der Waals surface area contributed by atoms with Gasteiger partial charge in [0.1, 0.15) is 11.5 Å². The second-order valence-electron chi connectivity index (χ2n) is 3.00. The van der Waals surface area contributed by atoms with Gasteiger partial charge in [-0.05, 0) is 25.7 Å². The van der Waals surface area contributed by atoms with Crippen LogP contribution in [0.25, 0.3) is 0 Å². The molecule has 2 bridgehead atoms. The van der Waals surface area contributed by atoms with E-state index in [-0.39, 0.29) is 0 Å². The lowest BCUT2D eigenvalue weighted by Crippen LogP contribution is -2.46. The Hall–Kier alpha value is 0.310. The molecule has 2 aliphatic heterocycles. The van der Waals surface area contributed by atoms with Crippen molar-refractivity contribution in [3.8, 4) is 0 Å². The molecule has 2 rings (SSSR count). The third kappa shape index (κ3) is 1.24. The fraction of sp³-hybridized carbons (Fsp3) is 1.00. The topological polar surface area (TPSA) is 12.0 Å². The summed E-state index contributed by atoms with van der Waals surface area (Å²) in [6.45, 7) is 0. The van der Waals surface area contributed by atoms with Crippen molar-refractivity contribution >= 4 is 11.1 Å². The third-order valence-electron chi connectivity index (χ3n) is 2.22. The Kier molecular flexibility index (Phi) is 1.68. The Morgan fingerprint density at radius 3 is 2.22 bits per heavy atom. The van der Waals surface area contributed by atoms with Crippen molar-refractivity contribution in [3.63, 3.8) is 0 Å². The molecule has 0 unspecified atom stereocenters. The zero-order chi connectivity index (χ0) is 6.10. The fourth-order valence-electron chi connectivity index (χ4n) is 1.73. The van der Waals surface area contributed by atoms with E-state index < -0.39 is 0 Å². The van der Waals surface area contributed by atoms with Crippen LogP contribution in [0.1, 0.15) is 25.7 Å². The Morgan fingerprint density at radius 2 is 1.78 bits per heavy atom. The van der Waals surface area contributed by atoms with Crippen LogP contribution in [0.3, 0.4) is 0 Å². The molecular weight excluding hydrogens is 130 g/mol. The summed E-state index contributed by atoms with van der Waals surface area (Å²) in [7, 11) is 0. The summed E-state index contributed by atoms with van der Waals surface area (Å²) in [5.74, 6) is 2.94. The molecule has 0 aromatic rings. The van der Waals surface area contributed by atoms with Crippen LogP contribution in [0.4, 0.5) is 0 Å². The molecular formula is C7H14NS+. The van der Waals surface area contributed by atoms with Crippen LogP contribution >= 0.6 is 0 Å². The molecule has 0 aromatic carbocycles. The average molecular weight is 144 g/mol. The highest BCUT2D eigenvalue weighted by Gasteiger charge is 2.32. The summed E-state index contributed by atoms with van der Waals surface area (Å²) in [5.41, 5.74) is 0. The highest BCUT2D eigenvalue weighted by molar-refractivity contribution is 7.95. The second-order valence-corrected chi connectivity index (χ2v) is 5.04. The van der Waals surface area contributed by atoms with E-state index in [0.29, 0.717) is 11.1 Å². The monoisotopic (exact) mass is 144 g/mol. The number of rotatable bonds is 0. The maximum atomic E-state index is 3.68. The van der Waals surface area contributed by atoms with Gasteiger partial charge >= 0.3 is 0 Å². The molecule has 1 nitrogen and oxygen atoms in total. The maximum Gasteiger partial charge on any atom is 0.127 e. The third-order valence-corrected chi connectivity index (χ3v) is 4.45. The number of hydrogen-bond donors (Lipinski definition) is 1. The van der Waals surface area contributed by atoms with Gasteiger partial charge in [0.2, 0.25) is 0 Å². The lowest BCUT2D eigenvalue weighted by Gasteiger charge is -2.27. The molecule has 2 aliphatic rings. The van der Waals surface area contributed by atoms with Gasteiger partial charge in [-0.2, -0.15) is 0 Å². The van der Waals surface area contributed by atoms with Crippen molar-refractivity contribution in [2.45, 2.75) is 31.7 Å². The van der Waals surface area contributed by atoms with Crippen molar-refractivity contribution in [2.75, 3.05) is 11.5 Å². The largest absolute Gasteiger partial charge is 0.135 e. The van der Waals surface area contributed by atoms with Gasteiger partial charge in [0.25, 0.3) is 0 Å². The first kappa shape index (κ1) is 6.05. The zero-order valence-corrected chi connectivity index (χ0v) is 6.54. The predicted molar refractivity (Wildman–Crippen MR) is 42.5 cm³/mol. The number of hydrogen-bond acceptors (Lipinski definition) is 1. The van der Waals surface area contributed by atoms with Crippen LogP contribution in [-0.2, 0) is 11.1 Å². The normalized spacial score (nSPS) is 42.7. The molecule has 0 aliphatic carbocycles. The predicted octanol–water partition coefficient (Wildman–Crippen LogP) is 1.07. The summed E-state index contributed by atoms with van der Waals surface area (Å²) < 4.78 is 3.68. The molecule has 0 amide bonds. The minimum Gasteiger partial charge on any atom is -0.135 e. The van der Waals surface area contributed by atoms with Gasteiger partial charge in [0, 0.05) is 0 Å².